The number of carbonyl (C=O) groups is 1. The van der Waals surface area contributed by atoms with Crippen LogP contribution in [0.4, 0.5) is 0 Å². The summed E-state index contributed by atoms with van der Waals surface area (Å²) in [5.41, 5.74) is 1.00. The molecule has 0 radical (unpaired) electrons. The van der Waals surface area contributed by atoms with Crippen LogP contribution in [0.1, 0.15) is 35.9 Å². The molecule has 6 heteroatoms. The van der Waals surface area contributed by atoms with Crippen LogP contribution in [0.2, 0.25) is 0 Å². The summed E-state index contributed by atoms with van der Waals surface area (Å²) in [6.45, 7) is 3.78. The number of benzene rings is 1. The van der Waals surface area contributed by atoms with Crippen LogP contribution in [0.5, 0.6) is 0 Å². The molecule has 26 heavy (non-hydrogen) atoms. The lowest BCUT2D eigenvalue weighted by Crippen LogP contribution is -2.44. The van der Waals surface area contributed by atoms with Crippen LogP contribution in [-0.4, -0.2) is 40.6 Å². The minimum Gasteiger partial charge on any atom is -0.396 e. The predicted molar refractivity (Wildman–Crippen MR) is 108 cm³/mol. The normalized spacial score (nSPS) is 16.9. The molecule has 0 unspecified atom stereocenters. The van der Waals surface area contributed by atoms with E-state index in [0.29, 0.717) is 0 Å². The number of piperidine rings is 1. The van der Waals surface area contributed by atoms with E-state index in [-0.39, 0.29) is 17.9 Å². The van der Waals surface area contributed by atoms with E-state index in [1.54, 1.807) is 11.3 Å². The number of para-hydroxylation sites is 1. The van der Waals surface area contributed by atoms with E-state index in [1.807, 2.05) is 35.2 Å². The summed E-state index contributed by atoms with van der Waals surface area (Å²) in [5, 5.41) is 10.6. The van der Waals surface area contributed by atoms with Crippen molar-refractivity contribution < 1.29 is 9.90 Å². The van der Waals surface area contributed by atoms with E-state index in [1.165, 1.54) is 16.0 Å². The second-order valence-corrected chi connectivity index (χ2v) is 9.07. The highest BCUT2D eigenvalue weighted by molar-refractivity contribution is 7.26. The summed E-state index contributed by atoms with van der Waals surface area (Å²) < 4.78 is 1.17. The van der Waals surface area contributed by atoms with Crippen LogP contribution < -0.4 is 0 Å². The first-order valence-corrected chi connectivity index (χ1v) is 10.6. The van der Waals surface area contributed by atoms with Gasteiger partial charge in [0.1, 0.15) is 5.01 Å². The molecule has 1 amide bonds. The van der Waals surface area contributed by atoms with E-state index < -0.39 is 0 Å². The summed E-state index contributed by atoms with van der Waals surface area (Å²) in [6, 6.07) is 12.0. The van der Waals surface area contributed by atoms with Crippen molar-refractivity contribution >= 4 is 38.8 Å². The maximum atomic E-state index is 12.9. The molecule has 1 aromatic carbocycles. The van der Waals surface area contributed by atoms with Crippen LogP contribution >= 0.6 is 22.7 Å². The number of aliphatic hydroxyl groups excluding tert-OH is 1. The third-order valence-electron chi connectivity index (χ3n) is 5.52. The standard InChI is InChI=1S/C20H22N2O2S2/c1-2-20(13-23)9-11-22(12-10-20)19(24)17-8-7-16(25-17)18-21-14-5-3-4-6-15(14)26-18/h3-8,23H,2,9-13H2,1H3. The molecular weight excluding hydrogens is 364 g/mol. The lowest BCUT2D eigenvalue weighted by Gasteiger charge is -2.40. The Morgan fingerprint density at radius 2 is 1.96 bits per heavy atom. The van der Waals surface area contributed by atoms with Gasteiger partial charge in [-0.2, -0.15) is 0 Å². The minimum absolute atomic E-state index is 0.00160. The molecule has 0 spiro atoms. The molecule has 2 aromatic heterocycles. The molecule has 0 saturated carbocycles. The van der Waals surface area contributed by atoms with Gasteiger partial charge in [0, 0.05) is 19.7 Å². The Hall–Kier alpha value is -1.76. The number of fused-ring (bicyclic) bond motifs is 1. The molecule has 136 valence electrons. The maximum Gasteiger partial charge on any atom is 0.263 e. The number of rotatable bonds is 4. The van der Waals surface area contributed by atoms with Gasteiger partial charge in [0.2, 0.25) is 0 Å². The van der Waals surface area contributed by atoms with Crippen LogP contribution in [0.3, 0.4) is 0 Å². The fraction of sp³-hybridized carbons (Fsp3) is 0.400. The summed E-state index contributed by atoms with van der Waals surface area (Å²) in [4.78, 5) is 21.3. The van der Waals surface area contributed by atoms with Gasteiger partial charge in [0.25, 0.3) is 5.91 Å². The molecule has 0 atom stereocenters. The zero-order valence-electron chi connectivity index (χ0n) is 14.8. The van der Waals surface area contributed by atoms with E-state index in [4.69, 9.17) is 0 Å². The fourth-order valence-electron chi connectivity index (χ4n) is 3.51. The number of aliphatic hydroxyl groups is 1. The maximum absolute atomic E-state index is 12.9. The summed E-state index contributed by atoms with van der Waals surface area (Å²) in [7, 11) is 0. The number of thiazole rings is 1. The van der Waals surface area contributed by atoms with Gasteiger partial charge in [-0.1, -0.05) is 19.1 Å². The summed E-state index contributed by atoms with van der Waals surface area (Å²) in [5.74, 6) is 0.102. The van der Waals surface area contributed by atoms with Gasteiger partial charge in [-0.15, -0.1) is 22.7 Å². The van der Waals surface area contributed by atoms with Crippen molar-refractivity contribution in [2.75, 3.05) is 19.7 Å². The average Bonchev–Trinajstić information content (AvgIpc) is 3.34. The smallest absolute Gasteiger partial charge is 0.263 e. The number of amides is 1. The highest BCUT2D eigenvalue weighted by Gasteiger charge is 2.34. The van der Waals surface area contributed by atoms with Crippen LogP contribution in [0.25, 0.3) is 20.1 Å². The monoisotopic (exact) mass is 386 g/mol. The number of hydrogen-bond acceptors (Lipinski definition) is 5. The zero-order chi connectivity index (χ0) is 18.1. The van der Waals surface area contributed by atoms with Crippen molar-refractivity contribution in [3.63, 3.8) is 0 Å². The molecule has 0 bridgehead atoms. The quantitative estimate of drug-likeness (QED) is 0.710. The van der Waals surface area contributed by atoms with E-state index in [0.717, 1.165) is 52.6 Å². The van der Waals surface area contributed by atoms with Gasteiger partial charge in [0.15, 0.2) is 0 Å². The van der Waals surface area contributed by atoms with Crippen LogP contribution in [-0.2, 0) is 0 Å². The third-order valence-corrected chi connectivity index (χ3v) is 7.80. The van der Waals surface area contributed by atoms with E-state index in [2.05, 4.69) is 18.0 Å². The Balaban J connectivity index is 1.50. The molecule has 4 rings (SSSR count). The number of aromatic nitrogens is 1. The van der Waals surface area contributed by atoms with E-state index >= 15 is 0 Å². The molecule has 1 aliphatic rings. The van der Waals surface area contributed by atoms with Gasteiger partial charge < -0.3 is 10.0 Å². The Morgan fingerprint density at radius 1 is 1.19 bits per heavy atom. The molecule has 1 fully saturated rings. The zero-order valence-corrected chi connectivity index (χ0v) is 16.4. The first kappa shape index (κ1) is 17.6. The second kappa shape index (κ2) is 7.10. The molecule has 4 nitrogen and oxygen atoms in total. The highest BCUT2D eigenvalue weighted by Crippen LogP contribution is 2.37. The molecule has 1 aliphatic heterocycles. The Labute approximate surface area is 161 Å². The number of thiophene rings is 1. The first-order chi connectivity index (χ1) is 12.6. The van der Waals surface area contributed by atoms with Gasteiger partial charge >= 0.3 is 0 Å². The Kier molecular flexibility index (Phi) is 4.82. The van der Waals surface area contributed by atoms with Gasteiger partial charge in [0.05, 0.1) is 20.0 Å². The first-order valence-electron chi connectivity index (χ1n) is 9.00. The van der Waals surface area contributed by atoms with E-state index in [9.17, 15) is 9.90 Å². The molecule has 3 aromatic rings. The van der Waals surface area contributed by atoms with Gasteiger partial charge in [-0.3, -0.25) is 4.79 Å². The minimum atomic E-state index is -0.00160. The lowest BCUT2D eigenvalue weighted by molar-refractivity contribution is 0.0341. The lowest BCUT2D eigenvalue weighted by atomic mass is 9.77. The molecular formula is C20H22N2O2S2. The van der Waals surface area contributed by atoms with Crippen molar-refractivity contribution in [3.8, 4) is 9.88 Å². The fourth-order valence-corrected chi connectivity index (χ4v) is 5.50. The Morgan fingerprint density at radius 3 is 2.65 bits per heavy atom. The SMILES string of the molecule is CCC1(CO)CCN(C(=O)c2ccc(-c3nc4ccccc4s3)s2)CC1. The molecule has 1 N–H and O–H groups in total. The number of carbonyl (C=O) groups excluding carboxylic acids is 1. The molecule has 0 aliphatic carbocycles. The van der Waals surface area contributed by atoms with Crippen molar-refractivity contribution in [2.45, 2.75) is 26.2 Å². The number of hydrogen-bond donors (Lipinski definition) is 1. The van der Waals surface area contributed by atoms with Gasteiger partial charge in [-0.25, -0.2) is 4.98 Å². The molecule has 1 saturated heterocycles. The molecule has 3 heterocycles. The van der Waals surface area contributed by atoms with Crippen molar-refractivity contribution in [1.29, 1.82) is 0 Å². The van der Waals surface area contributed by atoms with Gasteiger partial charge in [-0.05, 0) is 48.9 Å². The van der Waals surface area contributed by atoms with Crippen molar-refractivity contribution in [3.05, 3.63) is 41.3 Å². The second-order valence-electron chi connectivity index (χ2n) is 6.95. The third kappa shape index (κ3) is 3.17. The average molecular weight is 387 g/mol. The number of likely N-dealkylation sites (tertiary alicyclic amines) is 1. The summed E-state index contributed by atoms with van der Waals surface area (Å²) in [6.07, 6.45) is 2.72. The van der Waals surface area contributed by atoms with Crippen molar-refractivity contribution in [2.24, 2.45) is 5.41 Å². The largest absolute Gasteiger partial charge is 0.396 e. The Bertz CT molecular complexity index is 884. The highest BCUT2D eigenvalue weighted by atomic mass is 32.1. The summed E-state index contributed by atoms with van der Waals surface area (Å²) >= 11 is 3.19. The van der Waals surface area contributed by atoms with Crippen LogP contribution in [0, 0.1) is 5.41 Å². The van der Waals surface area contributed by atoms with Crippen LogP contribution in [0.15, 0.2) is 36.4 Å². The number of nitrogens with zero attached hydrogens (tertiary/aromatic N) is 2. The van der Waals surface area contributed by atoms with Crippen molar-refractivity contribution in [1.82, 2.24) is 9.88 Å². The predicted octanol–water partition coefficient (Wildman–Crippen LogP) is 4.65. The topological polar surface area (TPSA) is 53.4 Å².